The second kappa shape index (κ2) is 4.82. The number of nitrogens with one attached hydrogen (secondary N) is 2. The van der Waals surface area contributed by atoms with Gasteiger partial charge in [0.2, 0.25) is 11.8 Å². The third-order valence-electron chi connectivity index (χ3n) is 2.31. The van der Waals surface area contributed by atoms with E-state index in [0.29, 0.717) is 6.04 Å². The SMILES string of the molecule is CC(NC(=O)CC(C)(C)N)C(=O)NC1CC1. The van der Waals surface area contributed by atoms with Crippen LogP contribution in [0.25, 0.3) is 0 Å². The molecule has 0 aromatic heterocycles. The zero-order valence-electron chi connectivity index (χ0n) is 10.2. The first-order chi connectivity index (χ1) is 7.28. The van der Waals surface area contributed by atoms with E-state index in [1.165, 1.54) is 0 Å². The smallest absolute Gasteiger partial charge is 0.242 e. The minimum atomic E-state index is -0.545. The molecule has 0 aliphatic heterocycles. The normalized spacial score (nSPS) is 17.8. The van der Waals surface area contributed by atoms with E-state index in [9.17, 15) is 9.59 Å². The number of carbonyl (C=O) groups is 2. The Kier molecular flexibility index (Phi) is 3.91. The largest absolute Gasteiger partial charge is 0.352 e. The molecule has 92 valence electrons. The summed E-state index contributed by atoms with van der Waals surface area (Å²) in [6, 6.07) is -0.173. The fourth-order valence-electron chi connectivity index (χ4n) is 1.33. The summed E-state index contributed by atoms with van der Waals surface area (Å²) >= 11 is 0. The van der Waals surface area contributed by atoms with Gasteiger partial charge in [-0.2, -0.15) is 0 Å². The van der Waals surface area contributed by atoms with E-state index in [-0.39, 0.29) is 18.2 Å². The molecule has 1 aliphatic rings. The Hall–Kier alpha value is -1.10. The third kappa shape index (κ3) is 5.11. The molecule has 5 nitrogen and oxygen atoms in total. The summed E-state index contributed by atoms with van der Waals surface area (Å²) in [6.07, 6.45) is 2.30. The van der Waals surface area contributed by atoms with Crippen molar-refractivity contribution in [3.05, 3.63) is 0 Å². The van der Waals surface area contributed by atoms with Crippen molar-refractivity contribution in [2.24, 2.45) is 5.73 Å². The van der Waals surface area contributed by atoms with Gasteiger partial charge in [-0.3, -0.25) is 9.59 Å². The Morgan fingerprint density at radius 2 is 2.00 bits per heavy atom. The van der Waals surface area contributed by atoms with Crippen LogP contribution in [0.15, 0.2) is 0 Å². The van der Waals surface area contributed by atoms with E-state index in [4.69, 9.17) is 5.73 Å². The van der Waals surface area contributed by atoms with Gasteiger partial charge in [0.25, 0.3) is 0 Å². The summed E-state index contributed by atoms with van der Waals surface area (Å²) in [5, 5.41) is 5.48. The predicted octanol–water partition coefficient (Wildman–Crippen LogP) is -0.103. The molecule has 0 aromatic rings. The van der Waals surface area contributed by atoms with Crippen LogP contribution >= 0.6 is 0 Å². The fraction of sp³-hybridized carbons (Fsp3) is 0.818. The minimum absolute atomic E-state index is 0.120. The van der Waals surface area contributed by atoms with Crippen molar-refractivity contribution in [1.29, 1.82) is 0 Å². The lowest BCUT2D eigenvalue weighted by Gasteiger charge is -2.20. The second-order valence-electron chi connectivity index (χ2n) is 5.24. The summed E-state index contributed by atoms with van der Waals surface area (Å²) in [4.78, 5) is 23.0. The van der Waals surface area contributed by atoms with E-state index in [2.05, 4.69) is 10.6 Å². The molecule has 1 rings (SSSR count). The van der Waals surface area contributed by atoms with E-state index in [0.717, 1.165) is 12.8 Å². The van der Waals surface area contributed by atoms with Crippen molar-refractivity contribution >= 4 is 11.8 Å². The van der Waals surface area contributed by atoms with Crippen LogP contribution in [-0.2, 0) is 9.59 Å². The molecule has 0 bridgehead atoms. The second-order valence-corrected chi connectivity index (χ2v) is 5.24. The lowest BCUT2D eigenvalue weighted by Crippen LogP contribution is -2.48. The van der Waals surface area contributed by atoms with E-state index < -0.39 is 11.6 Å². The van der Waals surface area contributed by atoms with Crippen LogP contribution in [0, 0.1) is 0 Å². The number of hydrogen-bond donors (Lipinski definition) is 3. The van der Waals surface area contributed by atoms with Crippen LogP contribution in [0.5, 0.6) is 0 Å². The molecule has 0 spiro atoms. The highest BCUT2D eigenvalue weighted by Crippen LogP contribution is 2.18. The van der Waals surface area contributed by atoms with Crippen molar-refractivity contribution in [2.45, 2.75) is 57.7 Å². The van der Waals surface area contributed by atoms with Gasteiger partial charge in [-0.1, -0.05) is 0 Å². The quantitative estimate of drug-likeness (QED) is 0.613. The molecule has 1 unspecified atom stereocenters. The van der Waals surface area contributed by atoms with Crippen molar-refractivity contribution in [1.82, 2.24) is 10.6 Å². The molecule has 5 heteroatoms. The topological polar surface area (TPSA) is 84.2 Å². The van der Waals surface area contributed by atoms with Gasteiger partial charge in [0.1, 0.15) is 6.04 Å². The molecule has 1 saturated carbocycles. The summed E-state index contributed by atoms with van der Waals surface area (Å²) in [5.41, 5.74) is 5.17. The number of hydrogen-bond acceptors (Lipinski definition) is 3. The molecular formula is C11H21N3O2. The highest BCUT2D eigenvalue weighted by molar-refractivity contribution is 5.87. The average Bonchev–Trinajstić information content (AvgIpc) is 2.83. The standard InChI is InChI=1S/C11H21N3O2/c1-7(10(16)14-8-4-5-8)13-9(15)6-11(2,3)12/h7-8H,4-6,12H2,1-3H3,(H,13,15)(H,14,16). The van der Waals surface area contributed by atoms with Crippen molar-refractivity contribution in [2.75, 3.05) is 0 Å². The van der Waals surface area contributed by atoms with Crippen LogP contribution in [0.4, 0.5) is 0 Å². The summed E-state index contributed by atoms with van der Waals surface area (Å²) < 4.78 is 0. The molecule has 0 aromatic carbocycles. The van der Waals surface area contributed by atoms with Crippen molar-refractivity contribution in [3.8, 4) is 0 Å². The molecule has 16 heavy (non-hydrogen) atoms. The Balaban J connectivity index is 2.29. The Labute approximate surface area is 96.1 Å². The van der Waals surface area contributed by atoms with Gasteiger partial charge in [0.15, 0.2) is 0 Å². The van der Waals surface area contributed by atoms with E-state index in [1.54, 1.807) is 20.8 Å². The van der Waals surface area contributed by atoms with Gasteiger partial charge in [0.05, 0.1) is 0 Å². The molecular weight excluding hydrogens is 206 g/mol. The zero-order valence-corrected chi connectivity index (χ0v) is 10.2. The fourth-order valence-corrected chi connectivity index (χ4v) is 1.33. The molecule has 0 radical (unpaired) electrons. The van der Waals surface area contributed by atoms with Crippen LogP contribution in [0.2, 0.25) is 0 Å². The highest BCUT2D eigenvalue weighted by atomic mass is 16.2. The van der Waals surface area contributed by atoms with Crippen LogP contribution in [0.1, 0.15) is 40.0 Å². The minimum Gasteiger partial charge on any atom is -0.352 e. The highest BCUT2D eigenvalue weighted by Gasteiger charge is 2.26. The Morgan fingerprint density at radius 1 is 1.44 bits per heavy atom. The molecule has 0 heterocycles. The van der Waals surface area contributed by atoms with Gasteiger partial charge in [0, 0.05) is 18.0 Å². The number of rotatable bonds is 5. The molecule has 4 N–H and O–H groups in total. The number of amides is 2. The summed E-state index contributed by atoms with van der Waals surface area (Å²) in [7, 11) is 0. The zero-order chi connectivity index (χ0) is 12.3. The van der Waals surface area contributed by atoms with Crippen molar-refractivity contribution in [3.63, 3.8) is 0 Å². The van der Waals surface area contributed by atoms with Crippen LogP contribution in [-0.4, -0.2) is 29.4 Å². The first-order valence-corrected chi connectivity index (χ1v) is 5.66. The first-order valence-electron chi connectivity index (χ1n) is 5.66. The summed E-state index contributed by atoms with van der Waals surface area (Å²) in [5.74, 6) is -0.309. The lowest BCUT2D eigenvalue weighted by atomic mass is 10.0. The average molecular weight is 227 g/mol. The summed E-state index contributed by atoms with van der Waals surface area (Å²) in [6.45, 7) is 5.24. The Morgan fingerprint density at radius 3 is 2.44 bits per heavy atom. The number of carbonyl (C=O) groups excluding carboxylic acids is 2. The maximum atomic E-state index is 11.5. The lowest BCUT2D eigenvalue weighted by molar-refractivity contribution is -0.129. The van der Waals surface area contributed by atoms with Gasteiger partial charge in [-0.05, 0) is 33.6 Å². The molecule has 2 amide bonds. The van der Waals surface area contributed by atoms with Gasteiger partial charge in [-0.25, -0.2) is 0 Å². The van der Waals surface area contributed by atoms with Crippen LogP contribution < -0.4 is 16.4 Å². The first kappa shape index (κ1) is 13.0. The molecule has 1 aliphatic carbocycles. The Bertz CT molecular complexity index is 279. The van der Waals surface area contributed by atoms with E-state index >= 15 is 0 Å². The number of nitrogens with two attached hydrogens (primary N) is 1. The van der Waals surface area contributed by atoms with Gasteiger partial charge < -0.3 is 16.4 Å². The maximum Gasteiger partial charge on any atom is 0.242 e. The van der Waals surface area contributed by atoms with Gasteiger partial charge >= 0.3 is 0 Å². The molecule has 0 saturated heterocycles. The predicted molar refractivity (Wildman–Crippen MR) is 61.7 cm³/mol. The van der Waals surface area contributed by atoms with E-state index in [1.807, 2.05) is 0 Å². The molecule has 1 atom stereocenters. The third-order valence-corrected chi connectivity index (χ3v) is 2.31. The monoisotopic (exact) mass is 227 g/mol. The van der Waals surface area contributed by atoms with Gasteiger partial charge in [-0.15, -0.1) is 0 Å². The van der Waals surface area contributed by atoms with Crippen LogP contribution in [0.3, 0.4) is 0 Å². The molecule has 1 fully saturated rings. The maximum absolute atomic E-state index is 11.5. The van der Waals surface area contributed by atoms with Crippen molar-refractivity contribution < 1.29 is 9.59 Å².